The molecule has 2 N–H and O–H groups in total. The average Bonchev–Trinajstić information content (AvgIpc) is 1.96. The Morgan fingerprint density at radius 1 is 1.09 bits per heavy atom. The summed E-state index contributed by atoms with van der Waals surface area (Å²) in [5.41, 5.74) is 0. The van der Waals surface area contributed by atoms with Crippen LogP contribution in [0, 0.1) is 5.92 Å². The number of hydrogen-bond donors (Lipinski definition) is 1. The highest BCUT2D eigenvalue weighted by atomic mass is 16.6. The SMILES string of the molecule is CC(C)CCCCCCON. The van der Waals surface area contributed by atoms with Gasteiger partial charge >= 0.3 is 0 Å². The molecule has 68 valence electrons. The molecule has 0 unspecified atom stereocenters. The van der Waals surface area contributed by atoms with E-state index in [1.807, 2.05) is 0 Å². The van der Waals surface area contributed by atoms with Gasteiger partial charge in [0.15, 0.2) is 0 Å². The van der Waals surface area contributed by atoms with Crippen LogP contribution >= 0.6 is 0 Å². The van der Waals surface area contributed by atoms with Crippen molar-refractivity contribution in [3.05, 3.63) is 0 Å². The summed E-state index contributed by atoms with van der Waals surface area (Å²) in [6, 6.07) is 0. The van der Waals surface area contributed by atoms with E-state index in [2.05, 4.69) is 18.7 Å². The molecular weight excluding hydrogens is 138 g/mol. The molecule has 0 fully saturated rings. The van der Waals surface area contributed by atoms with Crippen LogP contribution in [0.2, 0.25) is 0 Å². The summed E-state index contributed by atoms with van der Waals surface area (Å²) in [5.74, 6) is 5.74. The second-order valence-electron chi connectivity index (χ2n) is 3.47. The lowest BCUT2D eigenvalue weighted by atomic mass is 10.0. The molecular formula is C9H21NO. The minimum absolute atomic E-state index is 0.710. The van der Waals surface area contributed by atoms with Crippen molar-refractivity contribution in [3.8, 4) is 0 Å². The summed E-state index contributed by atoms with van der Waals surface area (Å²) in [6.07, 6.45) is 6.38. The van der Waals surface area contributed by atoms with E-state index in [0.29, 0.717) is 6.61 Å². The van der Waals surface area contributed by atoms with E-state index in [9.17, 15) is 0 Å². The number of unbranched alkanes of at least 4 members (excludes halogenated alkanes) is 3. The smallest absolute Gasteiger partial charge is 0.0679 e. The number of nitrogens with two attached hydrogens (primary N) is 1. The molecule has 0 amide bonds. The molecule has 2 heteroatoms. The Balaban J connectivity index is 2.80. The molecule has 0 heterocycles. The Morgan fingerprint density at radius 3 is 2.27 bits per heavy atom. The first-order valence-corrected chi connectivity index (χ1v) is 4.59. The van der Waals surface area contributed by atoms with E-state index in [4.69, 9.17) is 5.90 Å². The van der Waals surface area contributed by atoms with Gasteiger partial charge in [-0.2, -0.15) is 0 Å². The van der Waals surface area contributed by atoms with Gasteiger partial charge in [-0.15, -0.1) is 0 Å². The fourth-order valence-corrected chi connectivity index (χ4v) is 1.09. The van der Waals surface area contributed by atoms with Gasteiger partial charge in [-0.1, -0.05) is 39.5 Å². The molecule has 0 aliphatic heterocycles. The van der Waals surface area contributed by atoms with E-state index in [1.165, 1.54) is 25.7 Å². The minimum atomic E-state index is 0.710. The highest BCUT2D eigenvalue weighted by Crippen LogP contribution is 2.08. The minimum Gasteiger partial charge on any atom is -0.305 e. The predicted octanol–water partition coefficient (Wildman–Crippen LogP) is 2.48. The van der Waals surface area contributed by atoms with E-state index in [-0.39, 0.29) is 0 Å². The van der Waals surface area contributed by atoms with Crippen molar-refractivity contribution in [2.24, 2.45) is 11.8 Å². The van der Waals surface area contributed by atoms with Crippen molar-refractivity contribution in [1.29, 1.82) is 0 Å². The third-order valence-corrected chi connectivity index (χ3v) is 1.79. The quantitative estimate of drug-likeness (QED) is 0.457. The lowest BCUT2D eigenvalue weighted by Gasteiger charge is -2.03. The molecule has 0 aromatic heterocycles. The topological polar surface area (TPSA) is 35.2 Å². The van der Waals surface area contributed by atoms with Gasteiger partial charge in [0.2, 0.25) is 0 Å². The van der Waals surface area contributed by atoms with Crippen LogP contribution in [-0.4, -0.2) is 6.61 Å². The largest absolute Gasteiger partial charge is 0.305 e. The Bertz CT molecular complexity index is 74.0. The van der Waals surface area contributed by atoms with Crippen LogP contribution in [0.3, 0.4) is 0 Å². The molecule has 0 aromatic carbocycles. The van der Waals surface area contributed by atoms with Crippen LogP contribution in [-0.2, 0) is 4.84 Å². The molecule has 0 bridgehead atoms. The first-order chi connectivity index (χ1) is 5.27. The zero-order valence-corrected chi connectivity index (χ0v) is 7.81. The zero-order valence-electron chi connectivity index (χ0n) is 7.81. The first-order valence-electron chi connectivity index (χ1n) is 4.59. The van der Waals surface area contributed by atoms with Crippen LogP contribution in [0.1, 0.15) is 46.0 Å². The van der Waals surface area contributed by atoms with Crippen molar-refractivity contribution < 1.29 is 4.84 Å². The van der Waals surface area contributed by atoms with Crippen molar-refractivity contribution in [2.75, 3.05) is 6.61 Å². The lowest BCUT2D eigenvalue weighted by Crippen LogP contribution is -2.00. The monoisotopic (exact) mass is 159 g/mol. The molecule has 0 rings (SSSR count). The molecule has 11 heavy (non-hydrogen) atoms. The fraction of sp³-hybridized carbons (Fsp3) is 1.00. The average molecular weight is 159 g/mol. The molecule has 2 nitrogen and oxygen atoms in total. The summed E-state index contributed by atoms with van der Waals surface area (Å²) in [4.78, 5) is 4.47. The van der Waals surface area contributed by atoms with Crippen molar-refractivity contribution >= 4 is 0 Å². The Labute approximate surface area is 70.1 Å². The second kappa shape index (κ2) is 8.02. The lowest BCUT2D eigenvalue weighted by molar-refractivity contribution is 0.133. The number of rotatable bonds is 7. The molecule has 0 saturated heterocycles. The summed E-state index contributed by atoms with van der Waals surface area (Å²) < 4.78 is 0. The van der Waals surface area contributed by atoms with E-state index < -0.39 is 0 Å². The van der Waals surface area contributed by atoms with Crippen LogP contribution < -0.4 is 5.90 Å². The van der Waals surface area contributed by atoms with Gasteiger partial charge in [-0.05, 0) is 12.3 Å². The van der Waals surface area contributed by atoms with Crippen LogP contribution in [0.15, 0.2) is 0 Å². The molecule has 0 aliphatic carbocycles. The normalized spacial score (nSPS) is 10.9. The van der Waals surface area contributed by atoms with Crippen molar-refractivity contribution in [3.63, 3.8) is 0 Å². The molecule has 0 aliphatic rings. The maximum Gasteiger partial charge on any atom is 0.0679 e. The fourth-order valence-electron chi connectivity index (χ4n) is 1.09. The van der Waals surface area contributed by atoms with Gasteiger partial charge in [0.25, 0.3) is 0 Å². The van der Waals surface area contributed by atoms with Gasteiger partial charge in [0, 0.05) is 0 Å². The second-order valence-corrected chi connectivity index (χ2v) is 3.47. The third kappa shape index (κ3) is 9.92. The zero-order chi connectivity index (χ0) is 8.53. The van der Waals surface area contributed by atoms with Crippen LogP contribution in [0.4, 0.5) is 0 Å². The molecule has 0 aromatic rings. The highest BCUT2D eigenvalue weighted by Gasteiger charge is 1.93. The Kier molecular flexibility index (Phi) is 7.96. The van der Waals surface area contributed by atoms with Crippen molar-refractivity contribution in [2.45, 2.75) is 46.0 Å². The van der Waals surface area contributed by atoms with E-state index >= 15 is 0 Å². The summed E-state index contributed by atoms with van der Waals surface area (Å²) >= 11 is 0. The van der Waals surface area contributed by atoms with Gasteiger partial charge in [-0.25, -0.2) is 5.90 Å². The summed E-state index contributed by atoms with van der Waals surface area (Å²) in [7, 11) is 0. The Hall–Kier alpha value is -0.0800. The highest BCUT2D eigenvalue weighted by molar-refractivity contribution is 4.47. The van der Waals surface area contributed by atoms with E-state index in [1.54, 1.807) is 0 Å². The summed E-state index contributed by atoms with van der Waals surface area (Å²) in [6.45, 7) is 5.24. The van der Waals surface area contributed by atoms with Crippen LogP contribution in [0.25, 0.3) is 0 Å². The first kappa shape index (κ1) is 10.9. The van der Waals surface area contributed by atoms with Gasteiger partial charge in [0.1, 0.15) is 0 Å². The van der Waals surface area contributed by atoms with Gasteiger partial charge in [-0.3, -0.25) is 0 Å². The standard InChI is InChI=1S/C9H21NO/c1-9(2)7-5-3-4-6-8-11-10/h9H,3-8,10H2,1-2H3. The third-order valence-electron chi connectivity index (χ3n) is 1.79. The van der Waals surface area contributed by atoms with Gasteiger partial charge in [0.05, 0.1) is 6.61 Å². The molecule has 0 radical (unpaired) electrons. The molecule has 0 spiro atoms. The maximum atomic E-state index is 4.89. The van der Waals surface area contributed by atoms with Crippen molar-refractivity contribution in [1.82, 2.24) is 0 Å². The summed E-state index contributed by atoms with van der Waals surface area (Å²) in [5, 5.41) is 0. The Morgan fingerprint density at radius 2 is 1.73 bits per heavy atom. The molecule has 0 atom stereocenters. The number of hydrogen-bond acceptors (Lipinski definition) is 2. The predicted molar refractivity (Wildman–Crippen MR) is 48.1 cm³/mol. The molecule has 0 saturated carbocycles. The van der Waals surface area contributed by atoms with Gasteiger partial charge < -0.3 is 4.84 Å². The van der Waals surface area contributed by atoms with Crippen LogP contribution in [0.5, 0.6) is 0 Å². The van der Waals surface area contributed by atoms with E-state index in [0.717, 1.165) is 12.3 Å². The maximum absolute atomic E-state index is 4.89.